The standard InChI is InChI=1S/C34H16/c1-2-7-25-17(4-1)12-24-15-22-9-8-20-13-18-5-3-6-19-14-21-10-11-23-16-26(25)28(24)34-31(22)29(20)33(27(18)19)30(21)32(23)34/h1-16H. The van der Waals surface area contributed by atoms with Crippen LogP contribution in [0.4, 0.5) is 0 Å². The van der Waals surface area contributed by atoms with Gasteiger partial charge >= 0.3 is 0 Å². The Morgan fingerprint density at radius 3 is 1.38 bits per heavy atom. The maximum absolute atomic E-state index is 2.45. The van der Waals surface area contributed by atoms with Crippen LogP contribution in [0.2, 0.25) is 0 Å². The second-order valence-electron chi connectivity index (χ2n) is 10.1. The molecule has 0 aromatic heterocycles. The van der Waals surface area contributed by atoms with Gasteiger partial charge < -0.3 is 0 Å². The molecule has 10 rings (SSSR count). The van der Waals surface area contributed by atoms with E-state index in [9.17, 15) is 0 Å². The Kier molecular flexibility index (Phi) is 2.41. The Morgan fingerprint density at radius 2 is 0.706 bits per heavy atom. The van der Waals surface area contributed by atoms with Gasteiger partial charge in [-0.3, -0.25) is 0 Å². The summed E-state index contributed by atoms with van der Waals surface area (Å²) in [6.07, 6.45) is 0. The zero-order chi connectivity index (χ0) is 21.7. The Labute approximate surface area is 193 Å². The first-order valence-electron chi connectivity index (χ1n) is 12.0. The van der Waals surface area contributed by atoms with Crippen LogP contribution in [0.25, 0.3) is 97.0 Å². The smallest absolute Gasteiger partial charge is 0.000159 e. The fourth-order valence-corrected chi connectivity index (χ4v) is 7.30. The van der Waals surface area contributed by atoms with Gasteiger partial charge in [0.25, 0.3) is 0 Å². The molecule has 0 nitrogen and oxygen atoms in total. The van der Waals surface area contributed by atoms with Gasteiger partial charge in [-0.25, -0.2) is 0 Å². The quantitative estimate of drug-likeness (QED) is 0.168. The molecule has 0 saturated heterocycles. The molecule has 0 atom stereocenters. The lowest BCUT2D eigenvalue weighted by molar-refractivity contribution is 1.80. The zero-order valence-corrected chi connectivity index (χ0v) is 18.2. The van der Waals surface area contributed by atoms with Crippen LogP contribution < -0.4 is 0 Å². The van der Waals surface area contributed by atoms with Crippen LogP contribution in [0.5, 0.6) is 0 Å². The fraction of sp³-hybridized carbons (Fsp3) is 0. The van der Waals surface area contributed by atoms with Gasteiger partial charge in [0.1, 0.15) is 0 Å². The SMILES string of the molecule is c1ccc2c(c1)cc1cc3ccc4cc5cccc6cc7ccc8cc2c1c1c3c4c(c56)c7c81. The van der Waals surface area contributed by atoms with E-state index in [0.29, 0.717) is 0 Å². The van der Waals surface area contributed by atoms with Crippen molar-refractivity contribution in [3.8, 4) is 0 Å². The first-order chi connectivity index (χ1) is 16.8. The highest BCUT2D eigenvalue weighted by Gasteiger charge is 2.24. The summed E-state index contributed by atoms with van der Waals surface area (Å²) in [4.78, 5) is 0. The van der Waals surface area contributed by atoms with Crippen molar-refractivity contribution in [3.05, 3.63) is 97.1 Å². The maximum Gasteiger partial charge on any atom is -0.000159 e. The van der Waals surface area contributed by atoms with E-state index in [1.807, 2.05) is 0 Å². The number of rotatable bonds is 0. The van der Waals surface area contributed by atoms with Crippen LogP contribution in [0, 0.1) is 0 Å². The number of hydrogen-bond donors (Lipinski definition) is 0. The van der Waals surface area contributed by atoms with Crippen molar-refractivity contribution >= 4 is 97.0 Å². The van der Waals surface area contributed by atoms with Gasteiger partial charge in [-0.15, -0.1) is 0 Å². The van der Waals surface area contributed by atoms with Gasteiger partial charge in [-0.05, 0) is 127 Å². The molecule has 0 fully saturated rings. The summed E-state index contributed by atoms with van der Waals surface area (Å²) in [5.74, 6) is 0. The summed E-state index contributed by atoms with van der Waals surface area (Å²) in [5, 5.41) is 25.0. The van der Waals surface area contributed by atoms with E-state index in [1.54, 1.807) is 0 Å². The Hall–Kier alpha value is -4.42. The van der Waals surface area contributed by atoms with Gasteiger partial charge in [-0.2, -0.15) is 0 Å². The second-order valence-corrected chi connectivity index (χ2v) is 10.1. The maximum atomic E-state index is 2.45. The van der Waals surface area contributed by atoms with Gasteiger partial charge in [0.2, 0.25) is 0 Å². The third-order valence-electron chi connectivity index (χ3n) is 8.52. The number of hydrogen-bond acceptors (Lipinski definition) is 0. The van der Waals surface area contributed by atoms with Crippen LogP contribution >= 0.6 is 0 Å². The van der Waals surface area contributed by atoms with E-state index < -0.39 is 0 Å². The topological polar surface area (TPSA) is 0 Å². The molecule has 0 heteroatoms. The average Bonchev–Trinajstić information content (AvgIpc) is 2.88. The van der Waals surface area contributed by atoms with Crippen LogP contribution in [-0.4, -0.2) is 0 Å². The van der Waals surface area contributed by atoms with Gasteiger partial charge in [0, 0.05) is 0 Å². The van der Waals surface area contributed by atoms with Crippen molar-refractivity contribution in [2.24, 2.45) is 0 Å². The summed E-state index contributed by atoms with van der Waals surface area (Å²) >= 11 is 0. The van der Waals surface area contributed by atoms with E-state index in [0.717, 1.165) is 0 Å². The largest absolute Gasteiger partial charge is 0.0616 e. The third kappa shape index (κ3) is 1.59. The fourth-order valence-electron chi connectivity index (χ4n) is 7.30. The minimum Gasteiger partial charge on any atom is -0.0616 e. The average molecular weight is 425 g/mol. The van der Waals surface area contributed by atoms with E-state index in [-0.39, 0.29) is 0 Å². The summed E-state index contributed by atoms with van der Waals surface area (Å²) in [5.41, 5.74) is 0. The Balaban J connectivity index is 1.71. The second kappa shape index (κ2) is 5.05. The number of fused-ring (bicyclic) bond motifs is 2. The van der Waals surface area contributed by atoms with Gasteiger partial charge in [0.15, 0.2) is 0 Å². The normalized spacial score (nSPS) is 13.3. The van der Waals surface area contributed by atoms with Crippen LogP contribution in [-0.2, 0) is 0 Å². The van der Waals surface area contributed by atoms with Crippen molar-refractivity contribution < 1.29 is 0 Å². The van der Waals surface area contributed by atoms with Crippen LogP contribution in [0.15, 0.2) is 97.1 Å². The van der Waals surface area contributed by atoms with Gasteiger partial charge in [0.05, 0.1) is 0 Å². The van der Waals surface area contributed by atoms with E-state index in [1.165, 1.54) is 97.0 Å². The minimum atomic E-state index is 1.32. The molecule has 0 bridgehead atoms. The predicted molar refractivity (Wildman–Crippen MR) is 149 cm³/mol. The molecule has 0 heterocycles. The molecule has 152 valence electrons. The molecule has 0 saturated carbocycles. The van der Waals surface area contributed by atoms with Crippen molar-refractivity contribution in [1.29, 1.82) is 0 Å². The lowest BCUT2D eigenvalue weighted by Gasteiger charge is -2.24. The van der Waals surface area contributed by atoms with Crippen molar-refractivity contribution in [1.82, 2.24) is 0 Å². The predicted octanol–water partition coefficient (Wildman–Crippen LogP) is 9.82. The molecule has 0 unspecified atom stereocenters. The molecule has 34 heavy (non-hydrogen) atoms. The molecule has 0 radical (unpaired) electrons. The first kappa shape index (κ1) is 16.2. The molecule has 0 spiro atoms. The van der Waals surface area contributed by atoms with Crippen LogP contribution in [0.1, 0.15) is 0 Å². The molecule has 0 amide bonds. The van der Waals surface area contributed by atoms with E-state index in [4.69, 9.17) is 0 Å². The molecule has 0 N–H and O–H groups in total. The molecule has 0 aliphatic heterocycles. The lowest BCUT2D eigenvalue weighted by Crippen LogP contribution is -1.95. The molecular formula is C34H16. The molecule has 0 aliphatic carbocycles. The van der Waals surface area contributed by atoms with E-state index >= 15 is 0 Å². The minimum absolute atomic E-state index is 1.32. The van der Waals surface area contributed by atoms with Crippen molar-refractivity contribution in [2.45, 2.75) is 0 Å². The van der Waals surface area contributed by atoms with Crippen molar-refractivity contribution in [2.75, 3.05) is 0 Å². The monoisotopic (exact) mass is 424 g/mol. The van der Waals surface area contributed by atoms with E-state index in [2.05, 4.69) is 97.1 Å². The summed E-state index contributed by atoms with van der Waals surface area (Å²) in [6.45, 7) is 0. The third-order valence-corrected chi connectivity index (χ3v) is 8.52. The van der Waals surface area contributed by atoms with Crippen molar-refractivity contribution in [3.63, 3.8) is 0 Å². The van der Waals surface area contributed by atoms with Crippen LogP contribution in [0.3, 0.4) is 0 Å². The Bertz CT molecular complexity index is 2360. The lowest BCUT2D eigenvalue weighted by atomic mass is 9.79. The summed E-state index contributed by atoms with van der Waals surface area (Å²) < 4.78 is 0. The highest BCUT2D eigenvalue weighted by atomic mass is 14.3. The first-order valence-corrected chi connectivity index (χ1v) is 12.0. The molecule has 10 aromatic carbocycles. The molecule has 10 aromatic rings. The Morgan fingerprint density at radius 1 is 0.235 bits per heavy atom. The highest BCUT2D eigenvalue weighted by Crippen LogP contribution is 2.52. The summed E-state index contributed by atoms with van der Waals surface area (Å²) in [6, 6.07) is 37.0. The number of benzene rings is 10. The molecule has 0 aliphatic rings. The van der Waals surface area contributed by atoms with Gasteiger partial charge in [-0.1, -0.05) is 66.7 Å². The summed E-state index contributed by atoms with van der Waals surface area (Å²) in [7, 11) is 0. The highest BCUT2D eigenvalue weighted by molar-refractivity contribution is 6.50. The zero-order valence-electron chi connectivity index (χ0n) is 18.2. The molecular weight excluding hydrogens is 408 g/mol.